The molecule has 0 saturated carbocycles. The molecule has 1 aromatic heterocycles. The molecule has 1 saturated heterocycles. The van der Waals surface area contributed by atoms with Gasteiger partial charge in [0, 0.05) is 6.07 Å². The highest BCUT2D eigenvalue weighted by Crippen LogP contribution is 2.29. The Bertz CT molecular complexity index is 793. The Kier molecular flexibility index (Phi) is 3.75. The third kappa shape index (κ3) is 2.71. The Morgan fingerprint density at radius 1 is 1.08 bits per heavy atom. The first-order chi connectivity index (χ1) is 11.3. The normalized spacial score (nSPS) is 16.2. The Balaban J connectivity index is 1.84. The lowest BCUT2D eigenvalue weighted by Crippen LogP contribution is -2.40. The van der Waals surface area contributed by atoms with Crippen LogP contribution in [-0.2, 0) is 4.79 Å². The maximum Gasteiger partial charge on any atom is 0.329 e. The molecule has 1 aromatic carbocycles. The monoisotopic (exact) mass is 325 g/mol. The predicted octanol–water partition coefficient (Wildman–Crippen LogP) is 3.33. The fourth-order valence-electron chi connectivity index (χ4n) is 2.61. The molecule has 0 spiro atoms. The van der Waals surface area contributed by atoms with Gasteiger partial charge in [-0.1, -0.05) is 18.2 Å². The van der Waals surface area contributed by atoms with Crippen LogP contribution in [0.4, 0.5) is 10.5 Å². The Labute approximate surface area is 140 Å². The van der Waals surface area contributed by atoms with E-state index >= 15 is 0 Å². The highest BCUT2D eigenvalue weighted by atomic mass is 16.5. The van der Waals surface area contributed by atoms with Crippen LogP contribution in [0, 0.1) is 13.8 Å². The number of nitrogens with zero attached hydrogens (tertiary/aromatic N) is 2. The molecular formula is C18H19N3O3. The molecule has 0 radical (unpaired) electrons. The average molecular weight is 325 g/mol. The lowest BCUT2D eigenvalue weighted by molar-refractivity contribution is -0.121. The summed E-state index contributed by atoms with van der Waals surface area (Å²) in [5.41, 5.74) is 1.52. The highest BCUT2D eigenvalue weighted by Gasteiger charge is 2.45. The number of anilines is 1. The summed E-state index contributed by atoms with van der Waals surface area (Å²) in [6.45, 7) is 7.26. The molecule has 3 rings (SSSR count). The van der Waals surface area contributed by atoms with E-state index in [0.717, 1.165) is 21.8 Å². The molecule has 0 aliphatic carbocycles. The average Bonchev–Trinajstić information content (AvgIpc) is 2.72. The lowest BCUT2D eigenvalue weighted by Gasteiger charge is -2.16. The van der Waals surface area contributed by atoms with Crippen molar-refractivity contribution in [3.63, 3.8) is 0 Å². The van der Waals surface area contributed by atoms with Crippen LogP contribution >= 0.6 is 0 Å². The summed E-state index contributed by atoms with van der Waals surface area (Å²) in [6, 6.07) is 8.74. The van der Waals surface area contributed by atoms with Crippen molar-refractivity contribution in [2.45, 2.75) is 33.2 Å². The van der Waals surface area contributed by atoms with E-state index in [1.807, 2.05) is 32.0 Å². The molecule has 3 amide bonds. The van der Waals surface area contributed by atoms with Gasteiger partial charge in [-0.05, 0) is 44.9 Å². The van der Waals surface area contributed by atoms with Gasteiger partial charge in [0.25, 0.3) is 5.91 Å². The van der Waals surface area contributed by atoms with E-state index < -0.39 is 11.6 Å². The molecule has 6 heteroatoms. The topological polar surface area (TPSA) is 71.5 Å². The van der Waals surface area contributed by atoms with Gasteiger partial charge in [-0.15, -0.1) is 0 Å². The third-order valence-corrected chi connectivity index (χ3v) is 3.95. The van der Waals surface area contributed by atoms with Gasteiger partial charge in [0.2, 0.25) is 5.88 Å². The summed E-state index contributed by atoms with van der Waals surface area (Å²) in [6.07, 6.45) is 1.46. The minimum absolute atomic E-state index is 0.308. The summed E-state index contributed by atoms with van der Waals surface area (Å²) in [7, 11) is 0. The second-order valence-electron chi connectivity index (χ2n) is 6.37. The maximum atomic E-state index is 12.3. The van der Waals surface area contributed by atoms with Crippen LogP contribution in [0.1, 0.15) is 25.0 Å². The van der Waals surface area contributed by atoms with Gasteiger partial charge in [0.1, 0.15) is 11.3 Å². The van der Waals surface area contributed by atoms with Gasteiger partial charge in [0.15, 0.2) is 0 Å². The number of amides is 3. The van der Waals surface area contributed by atoms with E-state index in [0.29, 0.717) is 11.6 Å². The van der Waals surface area contributed by atoms with E-state index in [2.05, 4.69) is 10.3 Å². The van der Waals surface area contributed by atoms with E-state index in [-0.39, 0.29) is 5.91 Å². The number of rotatable bonds is 3. The van der Waals surface area contributed by atoms with Crippen LogP contribution in [0.3, 0.4) is 0 Å². The molecule has 6 nitrogen and oxygen atoms in total. The number of para-hydroxylation sites is 1. The van der Waals surface area contributed by atoms with Gasteiger partial charge >= 0.3 is 6.03 Å². The molecule has 2 heterocycles. The van der Waals surface area contributed by atoms with Crippen LogP contribution in [0.25, 0.3) is 0 Å². The molecule has 1 N–H and O–H groups in total. The summed E-state index contributed by atoms with van der Waals surface area (Å²) in [5, 5.41) is 2.64. The summed E-state index contributed by atoms with van der Waals surface area (Å²) in [5.74, 6) is 0.856. The van der Waals surface area contributed by atoms with Crippen molar-refractivity contribution in [3.05, 3.63) is 47.7 Å². The minimum atomic E-state index is -0.912. The number of nitrogens with one attached hydrogen (secondary N) is 1. The van der Waals surface area contributed by atoms with E-state index in [9.17, 15) is 9.59 Å². The third-order valence-electron chi connectivity index (χ3n) is 3.95. The highest BCUT2D eigenvalue weighted by molar-refractivity contribution is 6.22. The zero-order chi connectivity index (χ0) is 17.5. The van der Waals surface area contributed by atoms with Crippen molar-refractivity contribution in [1.29, 1.82) is 0 Å². The number of pyridine rings is 1. The van der Waals surface area contributed by atoms with Crippen LogP contribution < -0.4 is 15.0 Å². The summed E-state index contributed by atoms with van der Waals surface area (Å²) in [4.78, 5) is 29.6. The SMILES string of the molecule is Cc1cccc(C)c1Oc1ccc(N2C(=O)NC(C)(C)C2=O)cn1. The van der Waals surface area contributed by atoms with Crippen LogP contribution in [0.15, 0.2) is 36.5 Å². The zero-order valence-electron chi connectivity index (χ0n) is 14.1. The number of hydrogen-bond donors (Lipinski definition) is 1. The molecule has 0 unspecified atom stereocenters. The molecule has 2 aromatic rings. The first-order valence-electron chi connectivity index (χ1n) is 7.66. The van der Waals surface area contributed by atoms with Gasteiger partial charge in [-0.3, -0.25) is 4.79 Å². The predicted molar refractivity (Wildman–Crippen MR) is 90.3 cm³/mol. The van der Waals surface area contributed by atoms with E-state index in [4.69, 9.17) is 4.74 Å². The summed E-state index contributed by atoms with van der Waals surface area (Å²) >= 11 is 0. The lowest BCUT2D eigenvalue weighted by atomic mass is 10.1. The van der Waals surface area contributed by atoms with E-state index in [1.165, 1.54) is 6.20 Å². The molecule has 0 atom stereocenters. The van der Waals surface area contributed by atoms with Gasteiger partial charge < -0.3 is 10.1 Å². The first-order valence-corrected chi connectivity index (χ1v) is 7.66. The van der Waals surface area contributed by atoms with Gasteiger partial charge in [-0.25, -0.2) is 14.7 Å². The number of ether oxygens (including phenoxy) is 1. The maximum absolute atomic E-state index is 12.3. The van der Waals surface area contributed by atoms with Crippen LogP contribution in [0.2, 0.25) is 0 Å². The smallest absolute Gasteiger partial charge is 0.329 e. The molecule has 124 valence electrons. The number of carbonyl (C=O) groups excluding carboxylic acids is 2. The molecule has 1 aliphatic rings. The number of imide groups is 1. The van der Waals surface area contributed by atoms with Gasteiger partial charge in [-0.2, -0.15) is 0 Å². The van der Waals surface area contributed by atoms with Crippen LogP contribution in [-0.4, -0.2) is 22.5 Å². The second-order valence-corrected chi connectivity index (χ2v) is 6.37. The fraction of sp³-hybridized carbons (Fsp3) is 0.278. The zero-order valence-corrected chi connectivity index (χ0v) is 14.1. The summed E-state index contributed by atoms with van der Waals surface area (Å²) < 4.78 is 5.84. The molecule has 24 heavy (non-hydrogen) atoms. The first kappa shape index (κ1) is 16.0. The van der Waals surface area contributed by atoms with E-state index in [1.54, 1.807) is 26.0 Å². The Morgan fingerprint density at radius 2 is 1.75 bits per heavy atom. The van der Waals surface area contributed by atoms with Crippen molar-refractivity contribution in [2.75, 3.05) is 4.90 Å². The van der Waals surface area contributed by atoms with Gasteiger partial charge in [0.05, 0.1) is 11.9 Å². The number of aromatic nitrogens is 1. The Hall–Kier alpha value is -2.89. The number of carbonyl (C=O) groups is 2. The van der Waals surface area contributed by atoms with Crippen molar-refractivity contribution in [1.82, 2.24) is 10.3 Å². The molecule has 0 bridgehead atoms. The Morgan fingerprint density at radius 3 is 2.25 bits per heavy atom. The van der Waals surface area contributed by atoms with Crippen molar-refractivity contribution in [2.24, 2.45) is 0 Å². The second kappa shape index (κ2) is 5.63. The minimum Gasteiger partial charge on any atom is -0.438 e. The number of hydrogen-bond acceptors (Lipinski definition) is 4. The van der Waals surface area contributed by atoms with Crippen molar-refractivity contribution >= 4 is 17.6 Å². The molecular weight excluding hydrogens is 306 g/mol. The van der Waals surface area contributed by atoms with Crippen molar-refractivity contribution in [3.8, 4) is 11.6 Å². The number of urea groups is 1. The quantitative estimate of drug-likeness (QED) is 0.879. The van der Waals surface area contributed by atoms with Crippen molar-refractivity contribution < 1.29 is 14.3 Å². The molecule has 1 aliphatic heterocycles. The number of aryl methyl sites for hydroxylation is 2. The number of benzene rings is 1. The van der Waals surface area contributed by atoms with Crippen LogP contribution in [0.5, 0.6) is 11.6 Å². The fourth-order valence-corrected chi connectivity index (χ4v) is 2.61. The standard InChI is InChI=1S/C18H19N3O3/c1-11-6-5-7-12(2)15(11)24-14-9-8-13(10-19-14)21-16(22)18(3,4)20-17(21)23/h5-10H,1-4H3,(H,20,23). The molecule has 1 fully saturated rings. The largest absolute Gasteiger partial charge is 0.438 e.